The Hall–Kier alpha value is -1.39. The summed E-state index contributed by atoms with van der Waals surface area (Å²) >= 11 is 0. The maximum absolute atomic E-state index is 12.8. The third-order valence-corrected chi connectivity index (χ3v) is 6.83. The van der Waals surface area contributed by atoms with Crippen molar-refractivity contribution in [2.45, 2.75) is 57.5 Å². The van der Waals surface area contributed by atoms with Crippen LogP contribution in [-0.2, 0) is 16.8 Å². The molecule has 3 aliphatic heterocycles. The van der Waals surface area contributed by atoms with Crippen molar-refractivity contribution in [1.82, 2.24) is 15.1 Å². The second kappa shape index (κ2) is 7.32. The van der Waals surface area contributed by atoms with E-state index >= 15 is 0 Å². The summed E-state index contributed by atoms with van der Waals surface area (Å²) in [5.74, 6) is 0.381. The van der Waals surface area contributed by atoms with E-state index in [1.807, 2.05) is 13.8 Å². The van der Waals surface area contributed by atoms with Crippen LogP contribution in [0.15, 0.2) is 24.3 Å². The lowest BCUT2D eigenvalue weighted by atomic mass is 9.68. The van der Waals surface area contributed by atoms with Crippen molar-refractivity contribution in [2.75, 3.05) is 32.7 Å². The fourth-order valence-electron chi connectivity index (χ4n) is 5.33. The fraction of sp³-hybridized carbons (Fsp3) is 0.682. The van der Waals surface area contributed by atoms with Gasteiger partial charge in [-0.1, -0.05) is 38.1 Å². The second-order valence-electron chi connectivity index (χ2n) is 8.80. The predicted octanol–water partition coefficient (Wildman–Crippen LogP) is 2.77. The van der Waals surface area contributed by atoms with E-state index < -0.39 is 0 Å². The Bertz CT molecular complexity index is 643. The van der Waals surface area contributed by atoms with Crippen LogP contribution in [-0.4, -0.2) is 54.5 Å². The number of carbonyl (C=O) groups is 1. The Balaban J connectivity index is 1.55. The second-order valence-corrected chi connectivity index (χ2v) is 8.80. The molecule has 4 heteroatoms. The van der Waals surface area contributed by atoms with Gasteiger partial charge in [-0.25, -0.2) is 0 Å². The quantitative estimate of drug-likeness (QED) is 0.886. The number of hydrogen-bond acceptors (Lipinski definition) is 3. The third kappa shape index (κ3) is 3.29. The molecule has 0 atom stereocenters. The van der Waals surface area contributed by atoms with Gasteiger partial charge in [0.25, 0.3) is 0 Å². The molecule has 4 nitrogen and oxygen atoms in total. The van der Waals surface area contributed by atoms with Crippen molar-refractivity contribution in [3.8, 4) is 0 Å². The average molecular weight is 356 g/mol. The highest BCUT2D eigenvalue weighted by molar-refractivity contribution is 5.78. The molecule has 0 aromatic heterocycles. The van der Waals surface area contributed by atoms with E-state index in [0.29, 0.717) is 5.91 Å². The van der Waals surface area contributed by atoms with Crippen molar-refractivity contribution in [2.24, 2.45) is 5.92 Å². The summed E-state index contributed by atoms with van der Waals surface area (Å²) in [5.41, 5.74) is 3.03. The van der Waals surface area contributed by atoms with Crippen LogP contribution in [0, 0.1) is 5.92 Å². The Labute approximate surface area is 157 Å². The molecule has 142 valence electrons. The van der Waals surface area contributed by atoms with Gasteiger partial charge in [0, 0.05) is 30.5 Å². The molecule has 0 saturated carbocycles. The monoisotopic (exact) mass is 355 g/mol. The minimum atomic E-state index is 0.0761. The molecule has 1 aromatic rings. The zero-order chi connectivity index (χ0) is 18.1. The number of amides is 1. The van der Waals surface area contributed by atoms with Gasteiger partial charge in [-0.2, -0.15) is 0 Å². The lowest BCUT2D eigenvalue weighted by molar-refractivity contribution is -0.137. The number of nitrogens with one attached hydrogen (secondary N) is 1. The first kappa shape index (κ1) is 18.0. The molecule has 2 saturated heterocycles. The number of carbonyl (C=O) groups excluding carboxylic acids is 1. The van der Waals surface area contributed by atoms with Gasteiger partial charge in [0.05, 0.1) is 0 Å². The zero-order valence-electron chi connectivity index (χ0n) is 16.3. The number of benzene rings is 1. The maximum Gasteiger partial charge on any atom is 0.225 e. The number of likely N-dealkylation sites (tertiary alicyclic amines) is 1. The van der Waals surface area contributed by atoms with E-state index in [9.17, 15) is 4.79 Å². The molecular formula is C22H33N3O. The highest BCUT2D eigenvalue weighted by Crippen LogP contribution is 2.42. The summed E-state index contributed by atoms with van der Waals surface area (Å²) in [6.45, 7) is 10.4. The van der Waals surface area contributed by atoms with Crippen molar-refractivity contribution >= 4 is 5.91 Å². The van der Waals surface area contributed by atoms with E-state index in [4.69, 9.17) is 0 Å². The van der Waals surface area contributed by atoms with Gasteiger partial charge >= 0.3 is 0 Å². The van der Waals surface area contributed by atoms with Crippen LogP contribution >= 0.6 is 0 Å². The zero-order valence-corrected chi connectivity index (χ0v) is 16.3. The van der Waals surface area contributed by atoms with Gasteiger partial charge in [0.2, 0.25) is 5.91 Å². The molecule has 0 aliphatic carbocycles. The molecule has 0 radical (unpaired) electrons. The lowest BCUT2D eigenvalue weighted by Gasteiger charge is -2.50. The van der Waals surface area contributed by atoms with E-state index in [-0.39, 0.29) is 11.3 Å². The van der Waals surface area contributed by atoms with Gasteiger partial charge in [0.1, 0.15) is 0 Å². The Morgan fingerprint density at radius 1 is 1.15 bits per heavy atom. The molecule has 26 heavy (non-hydrogen) atoms. The largest absolute Gasteiger partial charge is 0.337 e. The molecule has 3 aliphatic rings. The van der Waals surface area contributed by atoms with Crippen molar-refractivity contribution < 1.29 is 4.79 Å². The SMILES string of the molecule is CC(C)C(=O)N1Cc2ccccc2C2(CCN(C3CCNCC3)CC2)C1. The van der Waals surface area contributed by atoms with Crippen LogP contribution in [0.4, 0.5) is 0 Å². The smallest absolute Gasteiger partial charge is 0.225 e. The van der Waals surface area contributed by atoms with Gasteiger partial charge in [-0.3, -0.25) is 4.79 Å². The van der Waals surface area contributed by atoms with Crippen LogP contribution in [0.25, 0.3) is 0 Å². The Kier molecular flexibility index (Phi) is 5.07. The van der Waals surface area contributed by atoms with E-state index in [1.165, 1.54) is 49.9 Å². The van der Waals surface area contributed by atoms with E-state index in [0.717, 1.165) is 32.2 Å². The van der Waals surface area contributed by atoms with Gasteiger partial charge in [0.15, 0.2) is 0 Å². The first-order valence-electron chi connectivity index (χ1n) is 10.4. The average Bonchev–Trinajstić information content (AvgIpc) is 2.68. The molecule has 0 bridgehead atoms. The Morgan fingerprint density at radius 2 is 1.85 bits per heavy atom. The third-order valence-electron chi connectivity index (χ3n) is 6.83. The topological polar surface area (TPSA) is 35.6 Å². The molecule has 4 rings (SSSR count). The summed E-state index contributed by atoms with van der Waals surface area (Å²) in [6.07, 6.45) is 4.91. The molecule has 1 aromatic carbocycles. The number of nitrogens with zero attached hydrogens (tertiary/aromatic N) is 2. The maximum atomic E-state index is 12.8. The molecule has 1 amide bonds. The van der Waals surface area contributed by atoms with Crippen LogP contribution in [0.5, 0.6) is 0 Å². The standard InChI is InChI=1S/C22H33N3O/c1-17(2)21(26)25-15-18-5-3-4-6-20(18)22(16-25)9-13-24(14-10-22)19-7-11-23-12-8-19/h3-6,17,19,23H,7-16H2,1-2H3. The van der Waals surface area contributed by atoms with Crippen molar-refractivity contribution in [1.29, 1.82) is 0 Å². The van der Waals surface area contributed by atoms with Crippen molar-refractivity contribution in [3.63, 3.8) is 0 Å². The fourth-order valence-corrected chi connectivity index (χ4v) is 5.33. The number of rotatable bonds is 2. The molecule has 1 spiro atoms. The van der Waals surface area contributed by atoms with Crippen LogP contribution < -0.4 is 5.32 Å². The van der Waals surface area contributed by atoms with E-state index in [1.54, 1.807) is 0 Å². The molecular weight excluding hydrogens is 322 g/mol. The minimum Gasteiger partial charge on any atom is -0.337 e. The predicted molar refractivity (Wildman–Crippen MR) is 105 cm³/mol. The normalized spacial score (nSPS) is 24.0. The first-order chi connectivity index (χ1) is 12.6. The van der Waals surface area contributed by atoms with Crippen LogP contribution in [0.1, 0.15) is 50.7 Å². The van der Waals surface area contributed by atoms with Crippen LogP contribution in [0.3, 0.4) is 0 Å². The first-order valence-corrected chi connectivity index (χ1v) is 10.4. The van der Waals surface area contributed by atoms with Gasteiger partial charge in [-0.15, -0.1) is 0 Å². The van der Waals surface area contributed by atoms with Gasteiger partial charge < -0.3 is 15.1 Å². The van der Waals surface area contributed by atoms with Crippen molar-refractivity contribution in [3.05, 3.63) is 35.4 Å². The highest BCUT2D eigenvalue weighted by Gasteiger charge is 2.44. The highest BCUT2D eigenvalue weighted by atomic mass is 16.2. The summed E-state index contributed by atoms with van der Waals surface area (Å²) in [7, 11) is 0. The molecule has 2 fully saturated rings. The Morgan fingerprint density at radius 3 is 2.54 bits per heavy atom. The lowest BCUT2D eigenvalue weighted by Crippen LogP contribution is -2.56. The summed E-state index contributed by atoms with van der Waals surface area (Å²) in [5, 5.41) is 3.48. The molecule has 0 unspecified atom stereocenters. The summed E-state index contributed by atoms with van der Waals surface area (Å²) in [6, 6.07) is 9.61. The number of hydrogen-bond donors (Lipinski definition) is 1. The molecule has 3 heterocycles. The van der Waals surface area contributed by atoms with E-state index in [2.05, 4.69) is 39.4 Å². The summed E-state index contributed by atoms with van der Waals surface area (Å²) in [4.78, 5) is 17.6. The minimum absolute atomic E-state index is 0.0761. The van der Waals surface area contributed by atoms with Gasteiger partial charge in [-0.05, 0) is 63.0 Å². The molecule has 1 N–H and O–H groups in total. The number of fused-ring (bicyclic) bond motifs is 2. The van der Waals surface area contributed by atoms with Crippen LogP contribution in [0.2, 0.25) is 0 Å². The summed E-state index contributed by atoms with van der Waals surface area (Å²) < 4.78 is 0. The number of piperidine rings is 2.